The van der Waals surface area contributed by atoms with Gasteiger partial charge in [-0.1, -0.05) is 0 Å². The van der Waals surface area contributed by atoms with Crippen LogP contribution in [-0.4, -0.2) is 41.8 Å². The number of methoxy groups -OCH3 is 3. The van der Waals surface area contributed by atoms with Gasteiger partial charge in [-0.05, 0) is 12.1 Å². The number of aromatic hydroxyl groups is 4. The second kappa shape index (κ2) is 6.52. The monoisotopic (exact) mass is 376 g/mol. The highest BCUT2D eigenvalue weighted by Gasteiger charge is 2.24. The summed E-state index contributed by atoms with van der Waals surface area (Å²) in [6.07, 6.45) is 0. The Balaban J connectivity index is 2.36. The van der Waals surface area contributed by atoms with Gasteiger partial charge in [0.15, 0.2) is 28.8 Å². The minimum atomic E-state index is -0.948. The first kappa shape index (κ1) is 18.1. The third kappa shape index (κ3) is 2.69. The maximum atomic E-state index is 12.6. The van der Waals surface area contributed by atoms with Crippen molar-refractivity contribution < 1.29 is 39.1 Å². The van der Waals surface area contributed by atoms with E-state index in [2.05, 4.69) is 0 Å². The molecule has 3 aromatic rings. The molecule has 9 heteroatoms. The van der Waals surface area contributed by atoms with Crippen LogP contribution in [0.4, 0.5) is 0 Å². The molecule has 0 aliphatic rings. The maximum Gasteiger partial charge on any atom is 0.238 e. The third-order valence-electron chi connectivity index (χ3n) is 3.99. The highest BCUT2D eigenvalue weighted by molar-refractivity contribution is 5.91. The Morgan fingerprint density at radius 1 is 0.815 bits per heavy atom. The van der Waals surface area contributed by atoms with E-state index in [0.717, 1.165) is 6.07 Å². The van der Waals surface area contributed by atoms with Crippen LogP contribution in [0.2, 0.25) is 0 Å². The van der Waals surface area contributed by atoms with Crippen LogP contribution >= 0.6 is 0 Å². The van der Waals surface area contributed by atoms with Gasteiger partial charge in [-0.25, -0.2) is 0 Å². The first-order valence-corrected chi connectivity index (χ1v) is 7.58. The minimum Gasteiger partial charge on any atom is -0.504 e. The van der Waals surface area contributed by atoms with E-state index in [-0.39, 0.29) is 45.3 Å². The molecule has 0 aliphatic heterocycles. The summed E-state index contributed by atoms with van der Waals surface area (Å²) in [5.41, 5.74) is -1.04. The zero-order valence-electron chi connectivity index (χ0n) is 14.6. The van der Waals surface area contributed by atoms with E-state index in [1.165, 1.54) is 33.5 Å². The molecule has 1 heterocycles. The average Bonchev–Trinajstić information content (AvgIpc) is 2.63. The lowest BCUT2D eigenvalue weighted by molar-refractivity contribution is 0.333. The van der Waals surface area contributed by atoms with Gasteiger partial charge >= 0.3 is 0 Å². The second-order valence-electron chi connectivity index (χ2n) is 5.49. The van der Waals surface area contributed by atoms with Crippen LogP contribution in [0.1, 0.15) is 0 Å². The first-order chi connectivity index (χ1) is 12.8. The third-order valence-corrected chi connectivity index (χ3v) is 3.99. The SMILES string of the molecule is COc1cc(-c2oc3cc(O)c(OC)c(O)c3c(=O)c2O)cc(O)c1OC. The largest absolute Gasteiger partial charge is 0.504 e. The molecule has 0 bridgehead atoms. The molecule has 3 rings (SSSR count). The predicted molar refractivity (Wildman–Crippen MR) is 94.2 cm³/mol. The summed E-state index contributed by atoms with van der Waals surface area (Å²) in [5, 5.41) is 40.1. The minimum absolute atomic E-state index is 0.0592. The molecule has 0 aliphatic carbocycles. The molecule has 142 valence electrons. The van der Waals surface area contributed by atoms with Crippen LogP contribution in [0.3, 0.4) is 0 Å². The quantitative estimate of drug-likeness (QED) is 0.540. The molecule has 0 fully saturated rings. The Labute approximate surface area is 152 Å². The molecule has 9 nitrogen and oxygen atoms in total. The molecule has 0 saturated carbocycles. The normalized spacial score (nSPS) is 10.8. The summed E-state index contributed by atoms with van der Waals surface area (Å²) in [5.74, 6) is -2.68. The lowest BCUT2D eigenvalue weighted by atomic mass is 10.1. The van der Waals surface area contributed by atoms with E-state index in [1.807, 2.05) is 0 Å². The summed E-state index contributed by atoms with van der Waals surface area (Å²) >= 11 is 0. The lowest BCUT2D eigenvalue weighted by Crippen LogP contribution is -2.04. The fourth-order valence-corrected chi connectivity index (χ4v) is 2.77. The molecule has 2 aromatic carbocycles. The smallest absolute Gasteiger partial charge is 0.238 e. The fraction of sp³-hybridized carbons (Fsp3) is 0.167. The van der Waals surface area contributed by atoms with Crippen molar-refractivity contribution in [3.63, 3.8) is 0 Å². The molecule has 0 radical (unpaired) electrons. The van der Waals surface area contributed by atoms with Crippen molar-refractivity contribution in [3.05, 3.63) is 28.4 Å². The van der Waals surface area contributed by atoms with Crippen LogP contribution in [0.5, 0.6) is 40.2 Å². The first-order valence-electron chi connectivity index (χ1n) is 7.58. The molecule has 0 saturated heterocycles. The van der Waals surface area contributed by atoms with Crippen LogP contribution in [0, 0.1) is 0 Å². The van der Waals surface area contributed by atoms with Gasteiger partial charge in [0.1, 0.15) is 11.0 Å². The molecular weight excluding hydrogens is 360 g/mol. The number of hydrogen-bond acceptors (Lipinski definition) is 9. The Kier molecular flexibility index (Phi) is 4.36. The van der Waals surface area contributed by atoms with E-state index in [1.54, 1.807) is 0 Å². The number of fused-ring (bicyclic) bond motifs is 1. The van der Waals surface area contributed by atoms with Gasteiger partial charge in [-0.3, -0.25) is 4.79 Å². The molecule has 27 heavy (non-hydrogen) atoms. The van der Waals surface area contributed by atoms with Gasteiger partial charge in [0, 0.05) is 11.6 Å². The van der Waals surface area contributed by atoms with Gasteiger partial charge in [-0.2, -0.15) is 0 Å². The second-order valence-corrected chi connectivity index (χ2v) is 5.49. The summed E-state index contributed by atoms with van der Waals surface area (Å²) in [4.78, 5) is 12.6. The van der Waals surface area contributed by atoms with Gasteiger partial charge in [0.2, 0.25) is 22.7 Å². The molecule has 0 atom stereocenters. The number of hydrogen-bond donors (Lipinski definition) is 4. The molecule has 1 aromatic heterocycles. The lowest BCUT2D eigenvalue weighted by Gasteiger charge is -2.13. The summed E-state index contributed by atoms with van der Waals surface area (Å²) in [6.45, 7) is 0. The van der Waals surface area contributed by atoms with Crippen molar-refractivity contribution in [1.82, 2.24) is 0 Å². The van der Waals surface area contributed by atoms with Gasteiger partial charge in [0.05, 0.1) is 21.3 Å². The molecule has 4 N–H and O–H groups in total. The van der Waals surface area contributed by atoms with Crippen molar-refractivity contribution >= 4 is 11.0 Å². The Bertz CT molecular complexity index is 1100. The van der Waals surface area contributed by atoms with Crippen molar-refractivity contribution in [2.45, 2.75) is 0 Å². The van der Waals surface area contributed by atoms with Crippen molar-refractivity contribution in [3.8, 4) is 51.6 Å². The standard InChI is InChI=1S/C18H16O9/c1-24-11-5-7(4-8(19)17(11)25-2)16-15(23)13(21)12-10(27-16)6-9(20)18(26-3)14(12)22/h4-6,19-20,22-23H,1-3H3. The fourth-order valence-electron chi connectivity index (χ4n) is 2.77. The van der Waals surface area contributed by atoms with E-state index in [0.29, 0.717) is 0 Å². The summed E-state index contributed by atoms with van der Waals surface area (Å²) < 4.78 is 20.5. The van der Waals surface area contributed by atoms with Gasteiger partial charge < -0.3 is 39.1 Å². The molecular formula is C18H16O9. The zero-order valence-corrected chi connectivity index (χ0v) is 14.6. The number of benzene rings is 2. The summed E-state index contributed by atoms with van der Waals surface area (Å²) in [7, 11) is 3.88. The average molecular weight is 376 g/mol. The van der Waals surface area contributed by atoms with E-state index in [9.17, 15) is 25.2 Å². The van der Waals surface area contributed by atoms with Crippen molar-refractivity contribution in [2.24, 2.45) is 0 Å². The number of phenolic OH excluding ortho intramolecular Hbond substituents is 3. The van der Waals surface area contributed by atoms with Crippen LogP contribution in [-0.2, 0) is 0 Å². The Morgan fingerprint density at radius 2 is 1.44 bits per heavy atom. The van der Waals surface area contributed by atoms with Crippen LogP contribution in [0.25, 0.3) is 22.3 Å². The van der Waals surface area contributed by atoms with Crippen LogP contribution < -0.4 is 19.6 Å². The number of ether oxygens (including phenoxy) is 3. The van der Waals surface area contributed by atoms with E-state index < -0.39 is 22.7 Å². The molecule has 0 unspecified atom stereocenters. The zero-order chi connectivity index (χ0) is 19.9. The highest BCUT2D eigenvalue weighted by Crippen LogP contribution is 2.45. The maximum absolute atomic E-state index is 12.6. The Morgan fingerprint density at radius 3 is 2.04 bits per heavy atom. The van der Waals surface area contributed by atoms with E-state index >= 15 is 0 Å². The topological polar surface area (TPSA) is 139 Å². The number of phenols is 3. The van der Waals surface area contributed by atoms with Crippen molar-refractivity contribution in [2.75, 3.05) is 21.3 Å². The molecule has 0 spiro atoms. The summed E-state index contributed by atoms with van der Waals surface area (Å²) in [6, 6.07) is 3.65. The van der Waals surface area contributed by atoms with Crippen LogP contribution in [0.15, 0.2) is 27.4 Å². The van der Waals surface area contributed by atoms with Gasteiger partial charge in [0.25, 0.3) is 0 Å². The number of rotatable bonds is 4. The highest BCUT2D eigenvalue weighted by atomic mass is 16.5. The van der Waals surface area contributed by atoms with Gasteiger partial charge in [-0.15, -0.1) is 0 Å². The van der Waals surface area contributed by atoms with Crippen molar-refractivity contribution in [1.29, 1.82) is 0 Å². The predicted octanol–water partition coefficient (Wildman–Crippen LogP) is 2.31. The van der Waals surface area contributed by atoms with E-state index in [4.69, 9.17) is 18.6 Å². The Hall–Kier alpha value is -3.75. The molecule has 0 amide bonds.